The van der Waals surface area contributed by atoms with Gasteiger partial charge in [-0.15, -0.1) is 0 Å². The number of amides is 1. The Morgan fingerprint density at radius 3 is 2.53 bits per heavy atom. The summed E-state index contributed by atoms with van der Waals surface area (Å²) in [6.07, 6.45) is -1.36. The molecule has 0 atom stereocenters. The number of ether oxygens (including phenoxy) is 1. The first kappa shape index (κ1) is 23.3. The van der Waals surface area contributed by atoms with Crippen molar-refractivity contribution < 1.29 is 31.1 Å². The van der Waals surface area contributed by atoms with E-state index >= 15 is 0 Å². The van der Waals surface area contributed by atoms with Crippen LogP contribution >= 0.6 is 0 Å². The zero-order valence-corrected chi connectivity index (χ0v) is 18.7. The highest BCUT2D eigenvalue weighted by atomic mass is 32.2. The maximum Gasteiger partial charge on any atom is 0.417 e. The van der Waals surface area contributed by atoms with Gasteiger partial charge in [-0.05, 0) is 42.5 Å². The molecular formula is C23H18F3N3O4S. The Morgan fingerprint density at radius 2 is 1.82 bits per heavy atom. The van der Waals surface area contributed by atoms with Gasteiger partial charge in [-0.3, -0.25) is 4.79 Å². The van der Waals surface area contributed by atoms with E-state index in [9.17, 15) is 26.4 Å². The number of benzene rings is 2. The lowest BCUT2D eigenvalue weighted by atomic mass is 10.1. The van der Waals surface area contributed by atoms with Crippen LogP contribution in [0.15, 0.2) is 71.9 Å². The Labute approximate surface area is 192 Å². The predicted molar refractivity (Wildman–Crippen MR) is 120 cm³/mol. The molecule has 2 aromatic heterocycles. The lowest BCUT2D eigenvalue weighted by molar-refractivity contribution is -0.137. The largest absolute Gasteiger partial charge is 0.437 e. The molecule has 0 spiro atoms. The van der Waals surface area contributed by atoms with Crippen molar-refractivity contribution in [3.8, 4) is 11.6 Å². The second-order valence-corrected chi connectivity index (χ2v) is 9.56. The minimum Gasteiger partial charge on any atom is -0.437 e. The van der Waals surface area contributed by atoms with Gasteiger partial charge in [0.05, 0.1) is 16.0 Å². The van der Waals surface area contributed by atoms with Crippen molar-refractivity contribution in [2.45, 2.75) is 11.1 Å². The van der Waals surface area contributed by atoms with E-state index < -0.39 is 33.0 Å². The number of hydrogen-bond donors (Lipinski definition) is 1. The molecule has 0 saturated carbocycles. The number of sulfone groups is 1. The summed E-state index contributed by atoms with van der Waals surface area (Å²) in [5, 5.41) is 3.10. The number of hydrogen-bond acceptors (Lipinski definition) is 5. The van der Waals surface area contributed by atoms with Crippen molar-refractivity contribution in [3.05, 3.63) is 78.1 Å². The molecule has 1 N–H and O–H groups in total. The summed E-state index contributed by atoms with van der Waals surface area (Å²) in [5.41, 5.74) is -0.699. The first-order valence-corrected chi connectivity index (χ1v) is 11.7. The molecule has 2 heterocycles. The third-order valence-electron chi connectivity index (χ3n) is 5.04. The molecule has 4 rings (SSSR count). The smallest absolute Gasteiger partial charge is 0.417 e. The number of nitrogens with zero attached hydrogens (tertiary/aromatic N) is 2. The Bertz CT molecular complexity index is 1510. The van der Waals surface area contributed by atoms with Crippen LogP contribution in [0.25, 0.3) is 10.9 Å². The fourth-order valence-electron chi connectivity index (χ4n) is 3.32. The number of carbonyl (C=O) groups is 1. The number of alkyl halides is 3. The van der Waals surface area contributed by atoms with Crippen LogP contribution in [-0.4, -0.2) is 30.1 Å². The highest BCUT2D eigenvalue weighted by molar-refractivity contribution is 7.90. The average molecular weight is 489 g/mol. The van der Waals surface area contributed by atoms with E-state index in [1.165, 1.54) is 24.3 Å². The third-order valence-corrected chi connectivity index (χ3v) is 6.15. The van der Waals surface area contributed by atoms with Crippen LogP contribution in [0, 0.1) is 0 Å². The molecule has 0 radical (unpaired) electrons. The van der Waals surface area contributed by atoms with Crippen molar-refractivity contribution in [3.63, 3.8) is 0 Å². The van der Waals surface area contributed by atoms with Crippen molar-refractivity contribution in [2.75, 3.05) is 11.6 Å². The molecule has 176 valence electrons. The number of anilines is 1. The van der Waals surface area contributed by atoms with Crippen LogP contribution in [0.2, 0.25) is 0 Å². The van der Waals surface area contributed by atoms with Crippen molar-refractivity contribution >= 4 is 32.3 Å². The quantitative estimate of drug-likeness (QED) is 0.424. The van der Waals surface area contributed by atoms with Crippen LogP contribution < -0.4 is 10.1 Å². The molecule has 34 heavy (non-hydrogen) atoms. The predicted octanol–water partition coefficient (Wildman–Crippen LogP) is 5.04. The summed E-state index contributed by atoms with van der Waals surface area (Å²) >= 11 is 0. The maximum absolute atomic E-state index is 13.3. The molecular weight excluding hydrogens is 471 g/mol. The molecule has 0 aliphatic carbocycles. The topological polar surface area (TPSA) is 90.3 Å². The highest BCUT2D eigenvalue weighted by Crippen LogP contribution is 2.35. The van der Waals surface area contributed by atoms with Crippen LogP contribution in [0.3, 0.4) is 0 Å². The molecule has 4 aromatic rings. The van der Waals surface area contributed by atoms with Gasteiger partial charge >= 0.3 is 6.18 Å². The zero-order valence-electron chi connectivity index (χ0n) is 17.9. The number of aryl methyl sites for hydroxylation is 1. The lowest BCUT2D eigenvalue weighted by Gasteiger charge is -2.14. The highest BCUT2D eigenvalue weighted by Gasteiger charge is 2.33. The molecule has 1 amide bonds. The first-order chi connectivity index (χ1) is 15.9. The standard InChI is InChI=1S/C23H18F3N3O4S/c1-29-10-9-17-19(29)7-4-8-20(17)33-22-18(11-14(13-27-22)23(24,25)26)21(30)28-15-5-3-6-16(12-15)34(2,31)32/h3-13H,1-2H3,(H,28,30). The molecule has 0 fully saturated rings. The van der Waals surface area contributed by atoms with Crippen LogP contribution in [0.1, 0.15) is 15.9 Å². The van der Waals surface area contributed by atoms with E-state index in [0.717, 1.165) is 11.8 Å². The first-order valence-electron chi connectivity index (χ1n) is 9.84. The van der Waals surface area contributed by atoms with Gasteiger partial charge in [0.2, 0.25) is 5.88 Å². The minimum atomic E-state index is -4.74. The van der Waals surface area contributed by atoms with Crippen LogP contribution in [0.5, 0.6) is 11.6 Å². The fraction of sp³-hybridized carbons (Fsp3) is 0.130. The molecule has 2 aromatic carbocycles. The number of pyridine rings is 1. The Hall–Kier alpha value is -3.86. The third kappa shape index (κ3) is 4.74. The molecule has 11 heteroatoms. The minimum absolute atomic E-state index is 0.0558. The van der Waals surface area contributed by atoms with Crippen LogP contribution in [-0.2, 0) is 23.1 Å². The van der Waals surface area contributed by atoms with Crippen molar-refractivity contribution in [1.29, 1.82) is 0 Å². The van der Waals surface area contributed by atoms with Gasteiger partial charge in [0.15, 0.2) is 9.84 Å². The van der Waals surface area contributed by atoms with E-state index in [4.69, 9.17) is 4.74 Å². The van der Waals surface area contributed by atoms with Gasteiger partial charge in [-0.1, -0.05) is 12.1 Å². The number of aromatic nitrogens is 2. The van der Waals surface area contributed by atoms with E-state index in [1.807, 2.05) is 17.7 Å². The van der Waals surface area contributed by atoms with Gasteiger partial charge in [0, 0.05) is 36.8 Å². The van der Waals surface area contributed by atoms with Crippen molar-refractivity contribution in [1.82, 2.24) is 9.55 Å². The number of rotatable bonds is 5. The Balaban J connectivity index is 1.75. The zero-order chi connectivity index (χ0) is 24.7. The summed E-state index contributed by atoms with van der Waals surface area (Å²) in [6, 6.07) is 12.9. The van der Waals surface area contributed by atoms with E-state index in [1.54, 1.807) is 24.4 Å². The van der Waals surface area contributed by atoms with Gasteiger partial charge in [0.25, 0.3) is 5.91 Å². The number of carbonyl (C=O) groups excluding carboxylic acids is 1. The van der Waals surface area contributed by atoms with Gasteiger partial charge in [-0.2, -0.15) is 13.2 Å². The lowest BCUT2D eigenvalue weighted by Crippen LogP contribution is -2.16. The summed E-state index contributed by atoms with van der Waals surface area (Å²) in [6.45, 7) is 0. The molecule has 7 nitrogen and oxygen atoms in total. The Morgan fingerprint density at radius 1 is 1.09 bits per heavy atom. The SMILES string of the molecule is Cn1ccc2c(Oc3ncc(C(F)(F)F)cc3C(=O)Nc3cccc(S(C)(=O)=O)c3)cccc21. The van der Waals surface area contributed by atoms with Crippen molar-refractivity contribution in [2.24, 2.45) is 7.05 Å². The number of halogens is 3. The van der Waals surface area contributed by atoms with E-state index in [2.05, 4.69) is 10.3 Å². The van der Waals surface area contributed by atoms with E-state index in [-0.39, 0.29) is 16.5 Å². The average Bonchev–Trinajstić information content (AvgIpc) is 3.15. The molecule has 0 unspecified atom stereocenters. The van der Waals surface area contributed by atoms with Gasteiger partial charge in [0.1, 0.15) is 11.3 Å². The molecule has 0 saturated heterocycles. The Kier molecular flexibility index (Phi) is 5.82. The second-order valence-electron chi connectivity index (χ2n) is 7.55. The van der Waals surface area contributed by atoms with Crippen LogP contribution in [0.4, 0.5) is 18.9 Å². The molecule has 0 aliphatic heterocycles. The number of nitrogens with one attached hydrogen (secondary N) is 1. The molecule has 0 aliphatic rings. The van der Waals surface area contributed by atoms with E-state index in [0.29, 0.717) is 23.4 Å². The summed E-state index contributed by atoms with van der Waals surface area (Å²) in [5.74, 6) is -0.973. The number of fused-ring (bicyclic) bond motifs is 1. The second kappa shape index (κ2) is 8.49. The fourth-order valence-corrected chi connectivity index (χ4v) is 3.99. The summed E-state index contributed by atoms with van der Waals surface area (Å²) in [7, 11) is -1.73. The maximum atomic E-state index is 13.3. The summed E-state index contributed by atoms with van der Waals surface area (Å²) < 4.78 is 71.2. The van der Waals surface area contributed by atoms with Gasteiger partial charge in [-0.25, -0.2) is 13.4 Å². The summed E-state index contributed by atoms with van der Waals surface area (Å²) in [4.78, 5) is 16.7. The molecule has 0 bridgehead atoms. The van der Waals surface area contributed by atoms with Gasteiger partial charge < -0.3 is 14.6 Å². The monoisotopic (exact) mass is 489 g/mol. The normalized spacial score (nSPS) is 12.0.